The number of benzene rings is 2. The third-order valence-corrected chi connectivity index (χ3v) is 3.84. The number of hydrogen-bond acceptors (Lipinski definition) is 4. The van der Waals surface area contributed by atoms with Gasteiger partial charge in [-0.25, -0.2) is 0 Å². The predicted molar refractivity (Wildman–Crippen MR) is 85.4 cm³/mol. The molecule has 0 radical (unpaired) electrons. The molecule has 0 amide bonds. The minimum Gasteiger partial charge on any atom is -0.486 e. The van der Waals surface area contributed by atoms with Gasteiger partial charge >= 0.3 is 0 Å². The molecule has 0 saturated carbocycles. The van der Waals surface area contributed by atoms with Crippen LogP contribution in [-0.4, -0.2) is 20.3 Å². The lowest BCUT2D eigenvalue weighted by molar-refractivity contribution is 0.172. The zero-order valence-corrected chi connectivity index (χ0v) is 12.6. The Hall–Kier alpha value is -2.07. The van der Waals surface area contributed by atoms with E-state index in [4.69, 9.17) is 26.8 Å². The summed E-state index contributed by atoms with van der Waals surface area (Å²) in [5.41, 5.74) is 8.74. The van der Waals surface area contributed by atoms with E-state index >= 15 is 0 Å². The molecule has 0 fully saturated rings. The fourth-order valence-electron chi connectivity index (χ4n) is 2.39. The summed E-state index contributed by atoms with van der Waals surface area (Å²) in [5, 5.41) is 0.750. The largest absolute Gasteiger partial charge is 0.486 e. The molecule has 4 nitrogen and oxygen atoms in total. The molecule has 1 heterocycles. The normalized spacial score (nSPS) is 13.0. The second-order valence-electron chi connectivity index (χ2n) is 5.00. The van der Waals surface area contributed by atoms with Crippen LogP contribution in [0.3, 0.4) is 0 Å². The standard InChI is InChI=1S/C16H17ClN2O2/c1-19(10-11-4-2-3-5-12(11)17)14-9-16-15(8-13(14)18)20-6-7-21-16/h2-5,8-9H,6-7,10,18H2,1H3. The van der Waals surface area contributed by atoms with E-state index in [2.05, 4.69) is 4.90 Å². The van der Waals surface area contributed by atoms with Crippen molar-refractivity contribution in [2.45, 2.75) is 6.54 Å². The Morgan fingerprint density at radius 2 is 1.81 bits per heavy atom. The first-order chi connectivity index (χ1) is 10.1. The summed E-state index contributed by atoms with van der Waals surface area (Å²) in [7, 11) is 1.98. The van der Waals surface area contributed by atoms with Crippen LogP contribution in [0.2, 0.25) is 5.02 Å². The molecule has 1 aliphatic heterocycles. The molecule has 5 heteroatoms. The van der Waals surface area contributed by atoms with Crippen molar-refractivity contribution in [1.82, 2.24) is 0 Å². The molecule has 2 aromatic rings. The minimum atomic E-state index is 0.557. The van der Waals surface area contributed by atoms with Gasteiger partial charge in [0.2, 0.25) is 0 Å². The summed E-state index contributed by atoms with van der Waals surface area (Å²) in [6.45, 7) is 1.79. The third-order valence-electron chi connectivity index (χ3n) is 3.47. The fraction of sp³-hybridized carbons (Fsp3) is 0.250. The van der Waals surface area contributed by atoms with E-state index in [-0.39, 0.29) is 0 Å². The molecule has 0 saturated heterocycles. The maximum absolute atomic E-state index is 6.21. The molecule has 110 valence electrons. The number of halogens is 1. The van der Waals surface area contributed by atoms with Gasteiger partial charge < -0.3 is 20.1 Å². The second kappa shape index (κ2) is 5.74. The molecule has 0 bridgehead atoms. The number of fused-ring (bicyclic) bond motifs is 1. The van der Waals surface area contributed by atoms with Crippen molar-refractivity contribution in [2.24, 2.45) is 0 Å². The molecule has 21 heavy (non-hydrogen) atoms. The van der Waals surface area contributed by atoms with Gasteiger partial charge in [0.1, 0.15) is 13.2 Å². The summed E-state index contributed by atoms with van der Waals surface area (Å²) < 4.78 is 11.1. The summed E-state index contributed by atoms with van der Waals surface area (Å²) in [5.74, 6) is 1.44. The Balaban J connectivity index is 1.87. The van der Waals surface area contributed by atoms with E-state index in [1.807, 2.05) is 43.4 Å². The van der Waals surface area contributed by atoms with Crippen LogP contribution >= 0.6 is 11.6 Å². The molecule has 2 N–H and O–H groups in total. The Bertz CT molecular complexity index is 661. The SMILES string of the molecule is CN(Cc1ccccc1Cl)c1cc2c(cc1N)OCCO2. The van der Waals surface area contributed by atoms with Gasteiger partial charge in [0.25, 0.3) is 0 Å². The zero-order valence-electron chi connectivity index (χ0n) is 11.8. The van der Waals surface area contributed by atoms with Gasteiger partial charge in [-0.3, -0.25) is 0 Å². The van der Waals surface area contributed by atoms with Gasteiger partial charge in [-0.15, -0.1) is 0 Å². The van der Waals surface area contributed by atoms with Crippen molar-refractivity contribution >= 4 is 23.0 Å². The van der Waals surface area contributed by atoms with Gasteiger partial charge in [0.15, 0.2) is 11.5 Å². The molecule has 0 atom stereocenters. The Morgan fingerprint density at radius 3 is 2.52 bits per heavy atom. The van der Waals surface area contributed by atoms with Gasteiger partial charge in [-0.05, 0) is 11.6 Å². The third kappa shape index (κ3) is 2.85. The van der Waals surface area contributed by atoms with E-state index in [1.165, 1.54) is 0 Å². The molecule has 3 rings (SSSR count). The summed E-state index contributed by atoms with van der Waals surface area (Å²) in [4.78, 5) is 2.05. The molecular weight excluding hydrogens is 288 g/mol. The minimum absolute atomic E-state index is 0.557. The van der Waals surface area contributed by atoms with E-state index < -0.39 is 0 Å². The summed E-state index contributed by atoms with van der Waals surface area (Å²) >= 11 is 6.21. The van der Waals surface area contributed by atoms with Crippen molar-refractivity contribution in [3.05, 3.63) is 47.0 Å². The smallest absolute Gasteiger partial charge is 0.163 e. The number of hydrogen-bond donors (Lipinski definition) is 1. The molecule has 0 aliphatic carbocycles. The highest BCUT2D eigenvalue weighted by Gasteiger charge is 2.17. The maximum atomic E-state index is 6.21. The van der Waals surface area contributed by atoms with Crippen LogP contribution in [0.15, 0.2) is 36.4 Å². The molecule has 2 aromatic carbocycles. The Labute approximate surface area is 129 Å². The van der Waals surface area contributed by atoms with E-state index in [9.17, 15) is 0 Å². The van der Waals surface area contributed by atoms with Crippen molar-refractivity contribution < 1.29 is 9.47 Å². The highest BCUT2D eigenvalue weighted by Crippen LogP contribution is 2.38. The lowest BCUT2D eigenvalue weighted by Crippen LogP contribution is -2.20. The Morgan fingerprint density at radius 1 is 1.14 bits per heavy atom. The fourth-order valence-corrected chi connectivity index (χ4v) is 2.59. The number of anilines is 2. The van der Waals surface area contributed by atoms with E-state index in [0.29, 0.717) is 31.2 Å². The van der Waals surface area contributed by atoms with Crippen molar-refractivity contribution in [3.8, 4) is 11.5 Å². The highest BCUT2D eigenvalue weighted by molar-refractivity contribution is 6.31. The molecule has 1 aliphatic rings. The number of nitrogen functional groups attached to an aromatic ring is 1. The summed E-state index contributed by atoms with van der Waals surface area (Å²) in [6, 6.07) is 11.5. The van der Waals surface area contributed by atoms with Crippen LogP contribution in [0.4, 0.5) is 11.4 Å². The molecule has 0 spiro atoms. The summed E-state index contributed by atoms with van der Waals surface area (Å²) in [6.07, 6.45) is 0. The maximum Gasteiger partial charge on any atom is 0.163 e. The molecule has 0 aromatic heterocycles. The topological polar surface area (TPSA) is 47.7 Å². The van der Waals surface area contributed by atoms with Crippen LogP contribution in [-0.2, 0) is 6.54 Å². The number of nitrogens with zero attached hydrogens (tertiary/aromatic N) is 1. The second-order valence-corrected chi connectivity index (χ2v) is 5.41. The van der Waals surface area contributed by atoms with Crippen molar-refractivity contribution in [2.75, 3.05) is 30.9 Å². The van der Waals surface area contributed by atoms with Gasteiger partial charge in [-0.2, -0.15) is 0 Å². The lowest BCUT2D eigenvalue weighted by atomic mass is 10.1. The molecule has 0 unspecified atom stereocenters. The number of ether oxygens (including phenoxy) is 2. The van der Waals surface area contributed by atoms with Gasteiger partial charge in [-0.1, -0.05) is 29.8 Å². The number of rotatable bonds is 3. The van der Waals surface area contributed by atoms with Crippen LogP contribution in [0, 0.1) is 0 Å². The first kappa shape index (κ1) is 13.9. The highest BCUT2D eigenvalue weighted by atomic mass is 35.5. The van der Waals surface area contributed by atoms with Crippen LogP contribution < -0.4 is 20.1 Å². The molecular formula is C16H17ClN2O2. The lowest BCUT2D eigenvalue weighted by Gasteiger charge is -2.25. The van der Waals surface area contributed by atoms with E-state index in [0.717, 1.165) is 22.0 Å². The van der Waals surface area contributed by atoms with E-state index in [1.54, 1.807) is 0 Å². The van der Waals surface area contributed by atoms with Gasteiger partial charge in [0, 0.05) is 30.7 Å². The quantitative estimate of drug-likeness (QED) is 0.884. The van der Waals surface area contributed by atoms with Crippen LogP contribution in [0.25, 0.3) is 0 Å². The zero-order chi connectivity index (χ0) is 14.8. The Kier molecular flexibility index (Phi) is 3.80. The van der Waals surface area contributed by atoms with Crippen LogP contribution in [0.5, 0.6) is 11.5 Å². The average Bonchev–Trinajstić information content (AvgIpc) is 2.49. The average molecular weight is 305 g/mol. The van der Waals surface area contributed by atoms with Crippen molar-refractivity contribution in [3.63, 3.8) is 0 Å². The van der Waals surface area contributed by atoms with Gasteiger partial charge in [0.05, 0.1) is 11.4 Å². The predicted octanol–water partition coefficient (Wildman–Crippen LogP) is 3.33. The number of nitrogens with two attached hydrogens (primary N) is 1. The monoisotopic (exact) mass is 304 g/mol. The van der Waals surface area contributed by atoms with Crippen LogP contribution in [0.1, 0.15) is 5.56 Å². The first-order valence-corrected chi connectivity index (χ1v) is 7.16. The first-order valence-electron chi connectivity index (χ1n) is 6.79. The van der Waals surface area contributed by atoms with Crippen molar-refractivity contribution in [1.29, 1.82) is 0 Å².